The lowest BCUT2D eigenvalue weighted by atomic mass is 10.2. The zero-order chi connectivity index (χ0) is 16.1. The van der Waals surface area contributed by atoms with Gasteiger partial charge in [0.1, 0.15) is 5.52 Å². The van der Waals surface area contributed by atoms with E-state index < -0.39 is 0 Å². The first kappa shape index (κ1) is 13.7. The number of aromatic nitrogens is 3. The summed E-state index contributed by atoms with van der Waals surface area (Å²) in [5, 5.41) is 1.10. The predicted molar refractivity (Wildman–Crippen MR) is 102 cm³/mol. The molecule has 3 aromatic carbocycles. The molecule has 0 radical (unpaired) electrons. The van der Waals surface area contributed by atoms with Crippen LogP contribution in [-0.2, 0) is 0 Å². The van der Waals surface area contributed by atoms with Crippen LogP contribution in [-0.4, -0.2) is 14.5 Å². The zero-order valence-electron chi connectivity index (χ0n) is 12.6. The average molecular weight is 374 g/mol. The van der Waals surface area contributed by atoms with Crippen LogP contribution in [0.4, 0.5) is 0 Å². The van der Waals surface area contributed by atoms with E-state index in [1.807, 2.05) is 42.5 Å². The largest absolute Gasteiger partial charge is 0.293 e. The van der Waals surface area contributed by atoms with Crippen molar-refractivity contribution < 1.29 is 0 Å². The van der Waals surface area contributed by atoms with E-state index in [-0.39, 0.29) is 0 Å². The molecule has 0 saturated carbocycles. The Bertz CT molecular complexity index is 1210. The predicted octanol–water partition coefficient (Wildman–Crippen LogP) is 5.49. The normalized spacial score (nSPS) is 11.5. The van der Waals surface area contributed by atoms with Gasteiger partial charge in [-0.15, -0.1) is 0 Å². The summed E-state index contributed by atoms with van der Waals surface area (Å²) in [6, 6.07) is 24.6. The van der Waals surface area contributed by atoms with Crippen LogP contribution in [0.3, 0.4) is 0 Å². The van der Waals surface area contributed by atoms with Gasteiger partial charge in [0.2, 0.25) is 0 Å². The third-order valence-corrected chi connectivity index (χ3v) is 4.73. The van der Waals surface area contributed by atoms with E-state index in [1.165, 1.54) is 0 Å². The fourth-order valence-corrected chi connectivity index (χ4v) is 3.53. The van der Waals surface area contributed by atoms with Crippen LogP contribution in [0.1, 0.15) is 0 Å². The minimum Gasteiger partial charge on any atom is -0.293 e. The molecule has 0 spiro atoms. The molecule has 4 heteroatoms. The number of rotatable bonds is 1. The van der Waals surface area contributed by atoms with Gasteiger partial charge in [0.25, 0.3) is 0 Å². The molecule has 24 heavy (non-hydrogen) atoms. The van der Waals surface area contributed by atoms with Crippen molar-refractivity contribution in [2.45, 2.75) is 0 Å². The number of hydrogen-bond donors (Lipinski definition) is 0. The van der Waals surface area contributed by atoms with E-state index >= 15 is 0 Å². The highest BCUT2D eigenvalue weighted by atomic mass is 79.9. The fourth-order valence-electron chi connectivity index (χ4n) is 3.17. The molecule has 114 valence electrons. The molecule has 2 aromatic heterocycles. The summed E-state index contributed by atoms with van der Waals surface area (Å²) in [7, 11) is 0. The van der Waals surface area contributed by atoms with Crippen molar-refractivity contribution in [2.24, 2.45) is 0 Å². The summed E-state index contributed by atoms with van der Waals surface area (Å²) in [4.78, 5) is 9.80. The highest BCUT2D eigenvalue weighted by Gasteiger charge is 2.15. The highest BCUT2D eigenvalue weighted by Crippen LogP contribution is 2.32. The minimum atomic E-state index is 0.882. The lowest BCUT2D eigenvalue weighted by Gasteiger charge is -2.06. The van der Waals surface area contributed by atoms with E-state index in [4.69, 9.17) is 9.97 Å². The molecule has 0 fully saturated rings. The Morgan fingerprint density at radius 2 is 1.46 bits per heavy atom. The summed E-state index contributed by atoms with van der Waals surface area (Å²) in [6.45, 7) is 0. The van der Waals surface area contributed by atoms with Crippen LogP contribution in [0.5, 0.6) is 0 Å². The molecule has 0 amide bonds. The Labute approximate surface area is 146 Å². The quantitative estimate of drug-likeness (QED) is 0.389. The van der Waals surface area contributed by atoms with E-state index in [0.717, 1.165) is 43.3 Å². The summed E-state index contributed by atoms with van der Waals surface area (Å²) < 4.78 is 3.22. The molecule has 3 nitrogen and oxygen atoms in total. The molecule has 0 N–H and O–H groups in total. The molecule has 0 unspecified atom stereocenters. The molecular weight excluding hydrogens is 362 g/mol. The molecule has 0 aliphatic heterocycles. The second kappa shape index (κ2) is 5.14. The number of nitrogens with zero attached hydrogens (tertiary/aromatic N) is 3. The maximum absolute atomic E-state index is 4.91. The molecule has 0 aliphatic carbocycles. The van der Waals surface area contributed by atoms with Crippen molar-refractivity contribution in [2.75, 3.05) is 0 Å². The van der Waals surface area contributed by atoms with Crippen molar-refractivity contribution in [3.63, 3.8) is 0 Å². The summed E-state index contributed by atoms with van der Waals surface area (Å²) in [5.74, 6) is 0. The Morgan fingerprint density at radius 3 is 2.25 bits per heavy atom. The second-order valence-corrected chi connectivity index (χ2v) is 6.63. The average Bonchev–Trinajstić information content (AvgIpc) is 2.93. The number of benzene rings is 3. The van der Waals surface area contributed by atoms with Crippen molar-refractivity contribution >= 4 is 49.0 Å². The van der Waals surface area contributed by atoms with Crippen LogP contribution in [0.2, 0.25) is 0 Å². The van der Waals surface area contributed by atoms with Gasteiger partial charge in [-0.05, 0) is 42.5 Å². The van der Waals surface area contributed by atoms with Gasteiger partial charge in [-0.2, -0.15) is 0 Å². The van der Waals surface area contributed by atoms with E-state index in [2.05, 4.69) is 50.8 Å². The molecule has 2 heterocycles. The first-order valence-electron chi connectivity index (χ1n) is 7.73. The van der Waals surface area contributed by atoms with Gasteiger partial charge in [0.15, 0.2) is 5.65 Å². The summed E-state index contributed by atoms with van der Waals surface area (Å²) in [5.41, 5.74) is 5.82. The van der Waals surface area contributed by atoms with Crippen LogP contribution in [0.25, 0.3) is 38.8 Å². The standard InChI is InChI=1S/C20H12BrN3/c21-13-10-11-18-15(12-13)19-20(24(18)14-6-2-1-3-7-14)23-17-9-5-4-8-16(17)22-19/h1-12H. The minimum absolute atomic E-state index is 0.882. The smallest absolute Gasteiger partial charge is 0.165 e. The lowest BCUT2D eigenvalue weighted by Crippen LogP contribution is -1.96. The van der Waals surface area contributed by atoms with Crippen LogP contribution in [0.15, 0.2) is 77.3 Å². The van der Waals surface area contributed by atoms with Gasteiger partial charge in [-0.3, -0.25) is 4.57 Å². The van der Waals surface area contributed by atoms with Crippen molar-refractivity contribution in [3.8, 4) is 5.69 Å². The molecule has 5 aromatic rings. The molecular formula is C20H12BrN3. The van der Waals surface area contributed by atoms with Gasteiger partial charge < -0.3 is 0 Å². The van der Waals surface area contributed by atoms with Crippen LogP contribution >= 0.6 is 15.9 Å². The first-order valence-corrected chi connectivity index (χ1v) is 8.52. The maximum Gasteiger partial charge on any atom is 0.165 e. The van der Waals surface area contributed by atoms with Gasteiger partial charge in [0.05, 0.1) is 16.6 Å². The van der Waals surface area contributed by atoms with Crippen molar-refractivity contribution in [1.82, 2.24) is 14.5 Å². The topological polar surface area (TPSA) is 30.7 Å². The van der Waals surface area contributed by atoms with E-state index in [0.29, 0.717) is 0 Å². The van der Waals surface area contributed by atoms with Crippen molar-refractivity contribution in [3.05, 3.63) is 77.3 Å². The highest BCUT2D eigenvalue weighted by molar-refractivity contribution is 9.10. The van der Waals surface area contributed by atoms with Gasteiger partial charge in [0, 0.05) is 15.5 Å². The summed E-state index contributed by atoms with van der Waals surface area (Å²) >= 11 is 3.58. The summed E-state index contributed by atoms with van der Waals surface area (Å²) in [6.07, 6.45) is 0. The Balaban J connectivity index is 2.03. The third-order valence-electron chi connectivity index (χ3n) is 4.23. The Hall–Kier alpha value is -2.72. The second-order valence-electron chi connectivity index (χ2n) is 5.72. The Kier molecular flexibility index (Phi) is 2.94. The van der Waals surface area contributed by atoms with Gasteiger partial charge >= 0.3 is 0 Å². The number of fused-ring (bicyclic) bond motifs is 4. The zero-order valence-corrected chi connectivity index (χ0v) is 14.2. The molecule has 0 bridgehead atoms. The third kappa shape index (κ3) is 1.96. The SMILES string of the molecule is Brc1ccc2c(c1)c1nc3ccccc3nc1n2-c1ccccc1. The number of hydrogen-bond acceptors (Lipinski definition) is 2. The van der Waals surface area contributed by atoms with Gasteiger partial charge in [-0.1, -0.05) is 46.3 Å². The maximum atomic E-state index is 4.91. The monoisotopic (exact) mass is 373 g/mol. The first-order chi connectivity index (χ1) is 11.8. The van der Waals surface area contributed by atoms with Crippen molar-refractivity contribution in [1.29, 1.82) is 0 Å². The molecule has 0 saturated heterocycles. The molecule has 0 atom stereocenters. The fraction of sp³-hybridized carbons (Fsp3) is 0. The Morgan fingerprint density at radius 1 is 0.750 bits per heavy atom. The van der Waals surface area contributed by atoms with Crippen LogP contribution in [0, 0.1) is 0 Å². The number of para-hydroxylation sites is 3. The molecule has 5 rings (SSSR count). The lowest BCUT2D eigenvalue weighted by molar-refractivity contribution is 1.14. The number of halogens is 1. The van der Waals surface area contributed by atoms with E-state index in [1.54, 1.807) is 0 Å². The van der Waals surface area contributed by atoms with Crippen LogP contribution < -0.4 is 0 Å². The van der Waals surface area contributed by atoms with Gasteiger partial charge in [-0.25, -0.2) is 9.97 Å². The van der Waals surface area contributed by atoms with E-state index in [9.17, 15) is 0 Å². The molecule has 0 aliphatic rings.